The number of hydrogen-bond donors (Lipinski definition) is 0. The van der Waals surface area contributed by atoms with Crippen molar-refractivity contribution in [1.82, 2.24) is 0 Å². The predicted octanol–water partition coefficient (Wildman–Crippen LogP) is -3.68. The van der Waals surface area contributed by atoms with Crippen molar-refractivity contribution in [2.75, 3.05) is 0 Å². The average Bonchev–Trinajstić information content (AvgIpc) is 0. The van der Waals surface area contributed by atoms with E-state index in [0.717, 1.165) is 0 Å². The van der Waals surface area contributed by atoms with Gasteiger partial charge in [0.25, 0.3) is 0 Å². The van der Waals surface area contributed by atoms with E-state index in [4.69, 9.17) is 0 Å². The van der Waals surface area contributed by atoms with Crippen LogP contribution in [0.1, 0.15) is 0 Å². The summed E-state index contributed by atoms with van der Waals surface area (Å²) in [6.07, 6.45) is 0. The molecule has 2 N–H and O–H groups in total. The molecule has 0 fully saturated rings. The maximum Gasteiger partial charge on any atom is 4.00 e. The molecule has 0 aliphatic heterocycles. The summed E-state index contributed by atoms with van der Waals surface area (Å²) in [5.41, 5.74) is 0. The van der Waals surface area contributed by atoms with Crippen LogP contribution in [0.15, 0.2) is 0 Å². The summed E-state index contributed by atoms with van der Waals surface area (Å²) < 4.78 is 0. The molecule has 14 heavy (non-hydrogen) atoms. The van der Waals surface area contributed by atoms with Gasteiger partial charge in [-0.2, -0.15) is 0 Å². The van der Waals surface area contributed by atoms with Crippen molar-refractivity contribution in [3.8, 4) is 0 Å². The van der Waals surface area contributed by atoms with Crippen molar-refractivity contribution in [2.24, 2.45) is 0 Å². The van der Waals surface area contributed by atoms with Crippen LogP contribution in [0.2, 0.25) is 0 Å². The van der Waals surface area contributed by atoms with E-state index in [1.165, 1.54) is 0 Å². The van der Waals surface area contributed by atoms with Gasteiger partial charge < -0.3 is 49.3 Å². The molecule has 0 aromatic rings. The molecule has 0 spiro atoms. The molecule has 0 aromatic carbocycles. The number of hydrogen-bond acceptors (Lipinski definition) is 0. The summed E-state index contributed by atoms with van der Waals surface area (Å²) in [6.45, 7) is 0. The van der Waals surface area contributed by atoms with Crippen molar-refractivity contribution in [2.45, 2.75) is 0 Å². The van der Waals surface area contributed by atoms with Gasteiger partial charge in [-0.1, -0.05) is 0 Å². The fourth-order valence-corrected chi connectivity index (χ4v) is 0. The molecule has 0 atom stereocenters. The van der Waals surface area contributed by atoms with Crippen LogP contribution in [0.4, 0.5) is 0 Å². The van der Waals surface area contributed by atoms with Crippen LogP contribution >= 0.6 is 0 Å². The van der Waals surface area contributed by atoms with E-state index >= 15 is 0 Å². The minimum atomic E-state index is 0. The van der Waals surface area contributed by atoms with Gasteiger partial charge in [0.2, 0.25) is 0 Å². The normalized spacial score (nSPS) is 0. The van der Waals surface area contributed by atoms with Gasteiger partial charge in [0.1, 0.15) is 0 Å². The Labute approximate surface area is 128 Å². The van der Waals surface area contributed by atoms with Gasteiger partial charge in [0.05, 0.1) is 0 Å². The first-order valence-corrected chi connectivity index (χ1v) is 0. The van der Waals surface area contributed by atoms with Crippen LogP contribution < -0.4 is 0 Å². The Morgan fingerprint density at radius 3 is 0.286 bits per heavy atom. The first kappa shape index (κ1) is 1050. The summed E-state index contributed by atoms with van der Waals surface area (Å²) >= 11 is 0. The third kappa shape index (κ3) is 684. The summed E-state index contributed by atoms with van der Waals surface area (Å²) in [4.78, 5) is 0. The number of rotatable bonds is 0. The summed E-state index contributed by atoms with van der Waals surface area (Å²) in [5, 5.41) is 0. The van der Waals surface area contributed by atoms with E-state index in [9.17, 15) is 0 Å². The van der Waals surface area contributed by atoms with Gasteiger partial charge in [0.15, 0.2) is 0 Å². The Hall–Kier alpha value is 1.82. The Morgan fingerprint density at radius 1 is 0.286 bits per heavy atom. The SMILES string of the molecule is O.[Mg+2].[Mg+2].[O-2].[O-2].[O-2].[O-2].[O-2].[O-2].[O-2].[O-2].[Si+4].[Si+4].[Si+4]. The molecular weight excluding hydrogens is 277 g/mol. The topological polar surface area (TPSA) is 260 Å². The van der Waals surface area contributed by atoms with Gasteiger partial charge in [-0.15, -0.1) is 0 Å². The molecule has 0 aliphatic carbocycles. The average molecular weight is 279 g/mol. The largest absolute Gasteiger partial charge is 4.00 e. The molecule has 0 aromatic heterocycles. The van der Waals surface area contributed by atoms with E-state index in [1.807, 2.05) is 0 Å². The fourth-order valence-electron chi connectivity index (χ4n) is 0. The molecule has 9 nitrogen and oxygen atoms in total. The van der Waals surface area contributed by atoms with Crippen LogP contribution in [0.3, 0.4) is 0 Å². The fraction of sp³-hybridized carbons (Fsp3) is 0. The molecule has 0 radical (unpaired) electrons. The first-order chi connectivity index (χ1) is 0. The molecule has 0 saturated heterocycles. The zero-order valence-electron chi connectivity index (χ0n) is 6.68. The second kappa shape index (κ2) is 852. The minimum Gasteiger partial charge on any atom is -2.00 e. The van der Waals surface area contributed by atoms with Crippen molar-refractivity contribution in [3.63, 3.8) is 0 Å². The molecular formula is H2Mg2O9Si3. The van der Waals surface area contributed by atoms with E-state index < -0.39 is 0 Å². The quantitative estimate of drug-likeness (QED) is 0.387. The Bertz CT molecular complexity index is 18.0. The zero-order valence-corrected chi connectivity index (χ0v) is 12.5. The predicted molar refractivity (Wildman–Crippen MR) is 37.9 cm³/mol. The molecule has 14 heteroatoms. The Balaban J connectivity index is 0. The molecule has 0 aliphatic rings. The maximum atomic E-state index is 0. The zero-order chi connectivity index (χ0) is 0. The Kier molecular flexibility index (Phi) is 63700. The monoisotopic (exact) mass is 278 g/mol. The molecule has 0 bridgehead atoms. The van der Waals surface area contributed by atoms with Gasteiger partial charge >= 0.3 is 79.0 Å². The van der Waals surface area contributed by atoms with E-state index in [0.29, 0.717) is 0 Å². The molecule has 0 heterocycles. The van der Waals surface area contributed by atoms with Crippen LogP contribution in [0, 0.1) is 0 Å². The molecule has 0 saturated carbocycles. The summed E-state index contributed by atoms with van der Waals surface area (Å²) in [7, 11) is 0. The smallest absolute Gasteiger partial charge is 2.00 e. The second-order valence-corrected chi connectivity index (χ2v) is 0. The molecule has 0 unspecified atom stereocenters. The minimum absolute atomic E-state index is 0. The third-order valence-electron chi connectivity index (χ3n) is 0. The van der Waals surface area contributed by atoms with Crippen LogP contribution in [0.5, 0.6) is 0 Å². The van der Waals surface area contributed by atoms with Crippen LogP contribution in [-0.2, 0) is 43.8 Å². The van der Waals surface area contributed by atoms with Crippen molar-refractivity contribution >= 4 is 79.0 Å². The van der Waals surface area contributed by atoms with E-state index in [2.05, 4.69) is 0 Å². The summed E-state index contributed by atoms with van der Waals surface area (Å²) in [5.74, 6) is 0. The van der Waals surface area contributed by atoms with E-state index in [-0.39, 0.29) is 128 Å². The van der Waals surface area contributed by atoms with Gasteiger partial charge in [-0.25, -0.2) is 0 Å². The molecule has 0 amide bonds. The van der Waals surface area contributed by atoms with Crippen molar-refractivity contribution in [3.05, 3.63) is 0 Å². The Morgan fingerprint density at radius 2 is 0.286 bits per heavy atom. The molecule has 72 valence electrons. The van der Waals surface area contributed by atoms with Gasteiger partial charge in [0, 0.05) is 0 Å². The van der Waals surface area contributed by atoms with Gasteiger partial charge in [-0.05, 0) is 0 Å². The molecule has 0 rings (SSSR count). The standard InChI is InChI=1S/2Mg.H2O.8O.3Si/h;;1H2;;;;;;;;;;;/q2*+2;;8*-2;3*+4. The van der Waals surface area contributed by atoms with Crippen molar-refractivity contribution < 1.29 is 49.3 Å². The van der Waals surface area contributed by atoms with Crippen LogP contribution in [0.25, 0.3) is 0 Å². The maximum absolute atomic E-state index is 0. The van der Waals surface area contributed by atoms with Crippen molar-refractivity contribution in [1.29, 1.82) is 0 Å². The third-order valence-corrected chi connectivity index (χ3v) is 0. The first-order valence-electron chi connectivity index (χ1n) is 0. The summed E-state index contributed by atoms with van der Waals surface area (Å²) in [6, 6.07) is 0. The van der Waals surface area contributed by atoms with E-state index in [1.54, 1.807) is 0 Å². The van der Waals surface area contributed by atoms with Gasteiger partial charge in [-0.3, -0.25) is 0 Å². The van der Waals surface area contributed by atoms with Crippen LogP contribution in [-0.4, -0.2) is 84.5 Å². The second-order valence-electron chi connectivity index (χ2n) is 0.